The molecule has 1 heterocycles. The molecule has 1 fully saturated rings. The Hall–Kier alpha value is -1.76. The Morgan fingerprint density at radius 2 is 1.72 bits per heavy atom. The Balaban J connectivity index is 1.59. The molecule has 0 bridgehead atoms. The molecule has 0 aromatic heterocycles. The summed E-state index contributed by atoms with van der Waals surface area (Å²) in [6.07, 6.45) is 2.49. The molecule has 4 nitrogen and oxygen atoms in total. The van der Waals surface area contributed by atoms with Gasteiger partial charge >= 0.3 is 0 Å². The standard InChI is InChI=1S/C19H23FN2O2S/c20-19-9-2-1-8-18(19)15-25(23,24)21-13-16-6-5-7-17(12-16)14-22-10-3-4-11-22/h1-2,5-9,12,21H,3-4,10-11,13-15H2. The van der Waals surface area contributed by atoms with Gasteiger partial charge in [-0.1, -0.05) is 42.5 Å². The van der Waals surface area contributed by atoms with Crippen LogP contribution in [0.3, 0.4) is 0 Å². The first-order chi connectivity index (χ1) is 12.0. The van der Waals surface area contributed by atoms with E-state index in [0.29, 0.717) is 0 Å². The molecule has 1 aliphatic heterocycles. The molecule has 25 heavy (non-hydrogen) atoms. The van der Waals surface area contributed by atoms with Crippen molar-refractivity contribution in [1.82, 2.24) is 9.62 Å². The predicted octanol–water partition coefficient (Wildman–Crippen LogP) is 3.04. The number of likely N-dealkylation sites (tertiary alicyclic amines) is 1. The third kappa shape index (κ3) is 5.36. The van der Waals surface area contributed by atoms with Crippen LogP contribution < -0.4 is 4.72 Å². The van der Waals surface area contributed by atoms with Crippen LogP contribution >= 0.6 is 0 Å². The molecular weight excluding hydrogens is 339 g/mol. The number of hydrogen-bond donors (Lipinski definition) is 1. The normalized spacial score (nSPS) is 15.6. The largest absolute Gasteiger partial charge is 0.299 e. The number of rotatable bonds is 7. The lowest BCUT2D eigenvalue weighted by molar-refractivity contribution is 0.331. The molecule has 0 unspecified atom stereocenters. The summed E-state index contributed by atoms with van der Waals surface area (Å²) >= 11 is 0. The first kappa shape index (κ1) is 18.0. The van der Waals surface area contributed by atoms with Crippen LogP contribution in [0.4, 0.5) is 4.39 Å². The van der Waals surface area contributed by atoms with Gasteiger partial charge in [-0.05, 0) is 43.1 Å². The number of nitrogens with one attached hydrogen (secondary N) is 1. The molecule has 0 radical (unpaired) electrons. The molecule has 134 valence electrons. The molecule has 6 heteroatoms. The molecule has 0 spiro atoms. The highest BCUT2D eigenvalue weighted by Crippen LogP contribution is 2.15. The van der Waals surface area contributed by atoms with Crippen LogP contribution in [0.1, 0.15) is 29.5 Å². The van der Waals surface area contributed by atoms with Gasteiger partial charge in [0.1, 0.15) is 5.82 Å². The molecule has 2 aromatic carbocycles. The smallest absolute Gasteiger partial charge is 0.216 e. The van der Waals surface area contributed by atoms with Crippen molar-refractivity contribution in [3.8, 4) is 0 Å². The first-order valence-electron chi connectivity index (χ1n) is 8.53. The molecule has 3 rings (SSSR count). The van der Waals surface area contributed by atoms with Crippen LogP contribution in [0.25, 0.3) is 0 Å². The van der Waals surface area contributed by atoms with Crippen molar-refractivity contribution in [2.24, 2.45) is 0 Å². The van der Waals surface area contributed by atoms with Crippen molar-refractivity contribution in [2.45, 2.75) is 31.7 Å². The van der Waals surface area contributed by atoms with Crippen LogP contribution in [-0.4, -0.2) is 26.4 Å². The average molecular weight is 362 g/mol. The van der Waals surface area contributed by atoms with E-state index in [-0.39, 0.29) is 17.9 Å². The van der Waals surface area contributed by atoms with Crippen molar-refractivity contribution in [3.05, 3.63) is 71.0 Å². The number of hydrogen-bond acceptors (Lipinski definition) is 3. The molecule has 1 saturated heterocycles. The number of halogens is 1. The van der Waals surface area contributed by atoms with Gasteiger partial charge < -0.3 is 0 Å². The second kappa shape index (κ2) is 8.08. The van der Waals surface area contributed by atoms with Crippen molar-refractivity contribution in [2.75, 3.05) is 13.1 Å². The topological polar surface area (TPSA) is 49.4 Å². The summed E-state index contributed by atoms with van der Waals surface area (Å²) in [7, 11) is -3.59. The summed E-state index contributed by atoms with van der Waals surface area (Å²) in [6, 6.07) is 13.9. The van der Waals surface area contributed by atoms with Crippen LogP contribution in [0, 0.1) is 5.82 Å². The zero-order chi connectivity index (χ0) is 17.7. The van der Waals surface area contributed by atoms with Gasteiger partial charge in [-0.15, -0.1) is 0 Å². The van der Waals surface area contributed by atoms with Gasteiger partial charge in [-0.3, -0.25) is 4.90 Å². The van der Waals surface area contributed by atoms with Gasteiger partial charge in [0.25, 0.3) is 0 Å². The van der Waals surface area contributed by atoms with Crippen LogP contribution in [0.2, 0.25) is 0 Å². The lowest BCUT2D eigenvalue weighted by atomic mass is 10.1. The minimum atomic E-state index is -3.59. The second-order valence-corrected chi connectivity index (χ2v) is 8.28. The zero-order valence-electron chi connectivity index (χ0n) is 14.1. The molecule has 1 aliphatic rings. The van der Waals surface area contributed by atoms with E-state index < -0.39 is 15.8 Å². The van der Waals surface area contributed by atoms with E-state index in [1.54, 1.807) is 12.1 Å². The Morgan fingerprint density at radius 3 is 2.48 bits per heavy atom. The maximum Gasteiger partial charge on any atom is 0.216 e. The molecular formula is C19H23FN2O2S. The number of benzene rings is 2. The van der Waals surface area contributed by atoms with Gasteiger partial charge in [0.15, 0.2) is 0 Å². The van der Waals surface area contributed by atoms with Gasteiger partial charge in [0, 0.05) is 18.7 Å². The highest BCUT2D eigenvalue weighted by molar-refractivity contribution is 7.88. The number of nitrogens with zero attached hydrogens (tertiary/aromatic N) is 1. The van der Waals surface area contributed by atoms with E-state index in [1.807, 2.05) is 18.2 Å². The van der Waals surface area contributed by atoms with Gasteiger partial charge in [-0.2, -0.15) is 0 Å². The summed E-state index contributed by atoms with van der Waals surface area (Å²) in [5.74, 6) is -0.854. The summed E-state index contributed by atoms with van der Waals surface area (Å²) in [5.41, 5.74) is 2.28. The highest BCUT2D eigenvalue weighted by atomic mass is 32.2. The maximum absolute atomic E-state index is 13.6. The minimum Gasteiger partial charge on any atom is -0.299 e. The summed E-state index contributed by atoms with van der Waals surface area (Å²) in [6.45, 7) is 3.36. The van der Waals surface area contributed by atoms with E-state index in [0.717, 1.165) is 25.2 Å². The van der Waals surface area contributed by atoms with Crippen molar-refractivity contribution >= 4 is 10.0 Å². The third-order valence-electron chi connectivity index (χ3n) is 4.40. The van der Waals surface area contributed by atoms with E-state index >= 15 is 0 Å². The average Bonchev–Trinajstić information content (AvgIpc) is 3.09. The van der Waals surface area contributed by atoms with E-state index in [1.165, 1.54) is 30.5 Å². The van der Waals surface area contributed by atoms with E-state index in [4.69, 9.17) is 0 Å². The second-order valence-electron chi connectivity index (χ2n) is 6.47. The molecule has 0 atom stereocenters. The fourth-order valence-corrected chi connectivity index (χ4v) is 4.23. The fraction of sp³-hybridized carbons (Fsp3) is 0.368. The summed E-state index contributed by atoms with van der Waals surface area (Å²) < 4.78 is 40.6. The van der Waals surface area contributed by atoms with E-state index in [2.05, 4.69) is 15.7 Å². The third-order valence-corrected chi connectivity index (χ3v) is 5.67. The Kier molecular flexibility index (Phi) is 5.83. The highest BCUT2D eigenvalue weighted by Gasteiger charge is 2.15. The molecule has 0 amide bonds. The van der Waals surface area contributed by atoms with Crippen LogP contribution in [-0.2, 0) is 28.9 Å². The molecule has 1 N–H and O–H groups in total. The maximum atomic E-state index is 13.6. The summed E-state index contributed by atoms with van der Waals surface area (Å²) in [5, 5.41) is 0. The van der Waals surface area contributed by atoms with Gasteiger partial charge in [0.2, 0.25) is 10.0 Å². The number of sulfonamides is 1. The van der Waals surface area contributed by atoms with E-state index in [9.17, 15) is 12.8 Å². The molecule has 0 saturated carbocycles. The van der Waals surface area contributed by atoms with Crippen LogP contribution in [0.5, 0.6) is 0 Å². The van der Waals surface area contributed by atoms with Crippen molar-refractivity contribution in [3.63, 3.8) is 0 Å². The minimum absolute atomic E-state index is 0.179. The predicted molar refractivity (Wildman–Crippen MR) is 96.8 cm³/mol. The molecule has 2 aromatic rings. The van der Waals surface area contributed by atoms with Gasteiger partial charge in [0.05, 0.1) is 5.75 Å². The van der Waals surface area contributed by atoms with Crippen LogP contribution in [0.15, 0.2) is 48.5 Å². The van der Waals surface area contributed by atoms with Gasteiger partial charge in [-0.25, -0.2) is 17.5 Å². The first-order valence-corrected chi connectivity index (χ1v) is 10.2. The zero-order valence-corrected chi connectivity index (χ0v) is 14.9. The monoisotopic (exact) mass is 362 g/mol. The SMILES string of the molecule is O=S(=O)(Cc1ccccc1F)NCc1cccc(CN2CCCC2)c1. The fourth-order valence-electron chi connectivity index (χ4n) is 3.10. The van der Waals surface area contributed by atoms with Crippen molar-refractivity contribution < 1.29 is 12.8 Å². The van der Waals surface area contributed by atoms with Crippen molar-refractivity contribution in [1.29, 1.82) is 0 Å². The Bertz CT molecular complexity index is 818. The summed E-state index contributed by atoms with van der Waals surface area (Å²) in [4.78, 5) is 2.40. The Morgan fingerprint density at radius 1 is 1.00 bits per heavy atom. The molecule has 0 aliphatic carbocycles. The lowest BCUT2D eigenvalue weighted by Gasteiger charge is -2.15. The Labute approximate surface area is 148 Å². The quantitative estimate of drug-likeness (QED) is 0.824. The lowest BCUT2D eigenvalue weighted by Crippen LogP contribution is -2.25.